The quantitative estimate of drug-likeness (QED) is 0.463. The summed E-state index contributed by atoms with van der Waals surface area (Å²) in [4.78, 5) is 45.9. The second-order valence-corrected chi connectivity index (χ2v) is 7.83. The molecule has 0 radical (unpaired) electrons. The lowest BCUT2D eigenvalue weighted by Gasteiger charge is -2.10. The van der Waals surface area contributed by atoms with E-state index in [9.17, 15) is 27.6 Å². The third-order valence-corrected chi connectivity index (χ3v) is 5.43. The van der Waals surface area contributed by atoms with Gasteiger partial charge in [-0.1, -0.05) is 6.07 Å². The van der Waals surface area contributed by atoms with Gasteiger partial charge in [0, 0.05) is 24.2 Å². The summed E-state index contributed by atoms with van der Waals surface area (Å²) in [7, 11) is -4.08. The van der Waals surface area contributed by atoms with Gasteiger partial charge in [0.15, 0.2) is 0 Å². The van der Waals surface area contributed by atoms with Gasteiger partial charge in [0.2, 0.25) is 5.91 Å². The van der Waals surface area contributed by atoms with E-state index in [1.54, 1.807) is 0 Å². The molecule has 10 nitrogen and oxygen atoms in total. The van der Waals surface area contributed by atoms with Crippen molar-refractivity contribution in [1.29, 1.82) is 0 Å². The molecule has 0 saturated heterocycles. The molecule has 0 unspecified atom stereocenters. The first-order chi connectivity index (χ1) is 13.7. The number of amides is 4. The number of carbonyl (C=O) groups excluding carboxylic acids is 4. The summed E-state index contributed by atoms with van der Waals surface area (Å²) in [6, 6.07) is 9.30. The van der Waals surface area contributed by atoms with Crippen LogP contribution in [-0.2, 0) is 14.8 Å². The van der Waals surface area contributed by atoms with Gasteiger partial charge >= 0.3 is 0 Å². The molecule has 2 aromatic carbocycles. The van der Waals surface area contributed by atoms with Crippen LogP contribution in [0.25, 0.3) is 0 Å². The predicted molar refractivity (Wildman–Crippen MR) is 102 cm³/mol. The number of anilines is 1. The van der Waals surface area contributed by atoms with E-state index in [0.29, 0.717) is 0 Å². The standard InChI is InChI=1S/C18H16N4O6S/c19-15(23)6-7-20-16(24)10-2-1-3-11(8-10)22-29(27,28)12-4-5-13-14(9-12)18(26)21-17(13)25/h1-5,8-9,22H,6-7H2,(H2,19,23)(H,20,24)(H,21,25,26). The van der Waals surface area contributed by atoms with E-state index in [4.69, 9.17) is 5.73 Å². The maximum absolute atomic E-state index is 12.6. The molecule has 0 aliphatic carbocycles. The van der Waals surface area contributed by atoms with Crippen molar-refractivity contribution in [2.75, 3.05) is 11.3 Å². The topological polar surface area (TPSA) is 165 Å². The largest absolute Gasteiger partial charge is 0.370 e. The second kappa shape index (κ2) is 7.72. The maximum Gasteiger partial charge on any atom is 0.261 e. The summed E-state index contributed by atoms with van der Waals surface area (Å²) >= 11 is 0. The molecule has 3 rings (SSSR count). The highest BCUT2D eigenvalue weighted by Crippen LogP contribution is 2.22. The maximum atomic E-state index is 12.6. The Bertz CT molecular complexity index is 1140. The normalized spacial score (nSPS) is 12.8. The van der Waals surface area contributed by atoms with Crippen molar-refractivity contribution < 1.29 is 27.6 Å². The molecule has 0 bridgehead atoms. The van der Waals surface area contributed by atoms with Gasteiger partial charge in [0.25, 0.3) is 27.7 Å². The number of nitrogens with one attached hydrogen (secondary N) is 3. The first-order valence-corrected chi connectivity index (χ1v) is 9.85. The van der Waals surface area contributed by atoms with Gasteiger partial charge < -0.3 is 11.1 Å². The van der Waals surface area contributed by atoms with Crippen LogP contribution >= 0.6 is 0 Å². The Kier molecular flexibility index (Phi) is 5.33. The van der Waals surface area contributed by atoms with Crippen molar-refractivity contribution in [2.24, 2.45) is 5.73 Å². The molecular weight excluding hydrogens is 400 g/mol. The number of hydrogen-bond acceptors (Lipinski definition) is 6. The number of primary amides is 1. The van der Waals surface area contributed by atoms with Crippen molar-refractivity contribution in [3.05, 3.63) is 59.2 Å². The fourth-order valence-corrected chi connectivity index (χ4v) is 3.73. The SMILES string of the molecule is NC(=O)CCNC(=O)c1cccc(NS(=O)(=O)c2ccc3c(c2)C(=O)NC3=O)c1. The number of carbonyl (C=O) groups is 4. The number of imide groups is 1. The van der Waals surface area contributed by atoms with Crippen molar-refractivity contribution >= 4 is 39.3 Å². The van der Waals surface area contributed by atoms with E-state index in [1.165, 1.54) is 36.4 Å². The number of sulfonamides is 1. The van der Waals surface area contributed by atoms with E-state index >= 15 is 0 Å². The van der Waals surface area contributed by atoms with E-state index in [0.717, 1.165) is 6.07 Å². The zero-order valence-corrected chi connectivity index (χ0v) is 15.7. The monoisotopic (exact) mass is 416 g/mol. The lowest BCUT2D eigenvalue weighted by atomic mass is 10.1. The Morgan fingerprint density at radius 2 is 1.72 bits per heavy atom. The van der Waals surface area contributed by atoms with E-state index < -0.39 is 33.7 Å². The first kappa shape index (κ1) is 20.0. The highest BCUT2D eigenvalue weighted by Gasteiger charge is 2.28. The minimum Gasteiger partial charge on any atom is -0.370 e. The van der Waals surface area contributed by atoms with Gasteiger partial charge in [0.05, 0.1) is 16.0 Å². The summed E-state index contributed by atoms with van der Waals surface area (Å²) in [6.45, 7) is 0.0556. The van der Waals surface area contributed by atoms with Gasteiger partial charge in [0.1, 0.15) is 0 Å². The summed E-state index contributed by atoms with van der Waals surface area (Å²) in [6.07, 6.45) is -0.0214. The second-order valence-electron chi connectivity index (χ2n) is 6.15. The Morgan fingerprint density at radius 3 is 2.45 bits per heavy atom. The highest BCUT2D eigenvalue weighted by atomic mass is 32.2. The van der Waals surface area contributed by atoms with Crippen molar-refractivity contribution in [2.45, 2.75) is 11.3 Å². The average Bonchev–Trinajstić information content (AvgIpc) is 2.95. The van der Waals surface area contributed by atoms with E-state index in [-0.39, 0.29) is 40.2 Å². The van der Waals surface area contributed by atoms with Crippen LogP contribution in [0.15, 0.2) is 47.4 Å². The number of benzene rings is 2. The summed E-state index contributed by atoms with van der Waals surface area (Å²) in [5.74, 6) is -2.31. The van der Waals surface area contributed by atoms with E-state index in [2.05, 4.69) is 15.4 Å². The minimum atomic E-state index is -4.08. The van der Waals surface area contributed by atoms with Gasteiger partial charge in [-0.05, 0) is 36.4 Å². The molecule has 5 N–H and O–H groups in total. The smallest absolute Gasteiger partial charge is 0.261 e. The third kappa shape index (κ3) is 4.41. The minimum absolute atomic E-state index is 0.0214. The molecule has 1 aliphatic heterocycles. The van der Waals surface area contributed by atoms with Crippen LogP contribution in [0.1, 0.15) is 37.5 Å². The molecule has 0 saturated carbocycles. The Hall–Kier alpha value is -3.73. The molecule has 29 heavy (non-hydrogen) atoms. The third-order valence-electron chi connectivity index (χ3n) is 4.05. The number of hydrogen-bond donors (Lipinski definition) is 4. The number of nitrogens with two attached hydrogens (primary N) is 1. The zero-order valence-electron chi connectivity index (χ0n) is 14.9. The van der Waals surface area contributed by atoms with Gasteiger partial charge in [-0.15, -0.1) is 0 Å². The molecule has 1 aliphatic rings. The molecule has 150 valence electrons. The van der Waals surface area contributed by atoms with Crippen molar-refractivity contribution in [3.8, 4) is 0 Å². The number of rotatable bonds is 7. The molecule has 1 heterocycles. The lowest BCUT2D eigenvalue weighted by molar-refractivity contribution is -0.117. The average molecular weight is 416 g/mol. The molecule has 0 atom stereocenters. The molecule has 0 fully saturated rings. The van der Waals surface area contributed by atoms with Crippen molar-refractivity contribution in [3.63, 3.8) is 0 Å². The molecule has 11 heteroatoms. The Labute approximate surface area is 165 Å². The van der Waals surface area contributed by atoms with Crippen LogP contribution in [0.5, 0.6) is 0 Å². The fourth-order valence-electron chi connectivity index (χ4n) is 2.65. The predicted octanol–water partition coefficient (Wildman–Crippen LogP) is -0.0238. The number of fused-ring (bicyclic) bond motifs is 1. The Morgan fingerprint density at radius 1 is 1.00 bits per heavy atom. The van der Waals surface area contributed by atoms with Crippen LogP contribution in [0.3, 0.4) is 0 Å². The molecular formula is C18H16N4O6S. The van der Waals surface area contributed by atoms with Gasteiger partial charge in [-0.2, -0.15) is 0 Å². The fraction of sp³-hybridized carbons (Fsp3) is 0.111. The van der Waals surface area contributed by atoms with Crippen molar-refractivity contribution in [1.82, 2.24) is 10.6 Å². The first-order valence-electron chi connectivity index (χ1n) is 8.36. The summed E-state index contributed by atoms with van der Waals surface area (Å²) in [5, 5.41) is 4.58. The summed E-state index contributed by atoms with van der Waals surface area (Å²) in [5.41, 5.74) is 5.37. The Balaban J connectivity index is 1.78. The highest BCUT2D eigenvalue weighted by molar-refractivity contribution is 7.92. The molecule has 0 spiro atoms. The van der Waals surface area contributed by atoms with E-state index in [1.807, 2.05) is 0 Å². The lowest BCUT2D eigenvalue weighted by Crippen LogP contribution is -2.27. The van der Waals surface area contributed by atoms with Crippen LogP contribution in [0.2, 0.25) is 0 Å². The summed E-state index contributed by atoms with van der Waals surface area (Å²) < 4.78 is 27.6. The zero-order chi connectivity index (χ0) is 21.2. The van der Waals surface area contributed by atoms with Gasteiger partial charge in [-0.3, -0.25) is 29.2 Å². The molecule has 2 aromatic rings. The van der Waals surface area contributed by atoms with Crippen LogP contribution < -0.4 is 21.1 Å². The van der Waals surface area contributed by atoms with Gasteiger partial charge in [-0.25, -0.2) is 8.42 Å². The van der Waals surface area contributed by atoms with Crippen LogP contribution in [-0.4, -0.2) is 38.6 Å². The molecule has 4 amide bonds. The van der Waals surface area contributed by atoms with Crippen LogP contribution in [0.4, 0.5) is 5.69 Å². The molecule has 0 aromatic heterocycles. The van der Waals surface area contributed by atoms with Crippen LogP contribution in [0, 0.1) is 0 Å².